The first-order chi connectivity index (χ1) is 5.61. The molecule has 0 aromatic carbocycles. The fourth-order valence-corrected chi connectivity index (χ4v) is 2.35. The summed E-state index contributed by atoms with van der Waals surface area (Å²) in [6, 6.07) is 4.25. The summed E-state index contributed by atoms with van der Waals surface area (Å²) in [6.07, 6.45) is 3.14. The molecule has 0 spiro atoms. The summed E-state index contributed by atoms with van der Waals surface area (Å²) in [5.74, 6) is 0.684. The number of hydrogen-bond donors (Lipinski definition) is 0. The van der Waals surface area contributed by atoms with Gasteiger partial charge >= 0.3 is 0 Å². The Balaban J connectivity index is 2.58. The molecular weight excluding hydrogens is 146 g/mol. The lowest BCUT2D eigenvalue weighted by Crippen LogP contribution is -2.13. The Hall–Kier alpha value is -0.850. The Morgan fingerprint density at radius 2 is 2.25 bits per heavy atom. The minimum Gasteiger partial charge on any atom is -0.260 e. The van der Waals surface area contributed by atoms with Crippen LogP contribution in [-0.2, 0) is 5.41 Å². The van der Waals surface area contributed by atoms with E-state index in [2.05, 4.69) is 31.8 Å². The minimum atomic E-state index is 0.288. The van der Waals surface area contributed by atoms with E-state index in [0.29, 0.717) is 5.92 Å². The van der Waals surface area contributed by atoms with Crippen molar-refractivity contribution in [3.05, 3.63) is 29.6 Å². The molecule has 0 N–H and O–H groups in total. The topological polar surface area (TPSA) is 12.9 Å². The zero-order valence-corrected chi connectivity index (χ0v) is 7.96. The second-order valence-corrected chi connectivity index (χ2v) is 4.43. The maximum atomic E-state index is 4.46. The molecule has 1 nitrogen and oxygen atoms in total. The Labute approximate surface area is 73.8 Å². The van der Waals surface area contributed by atoms with Gasteiger partial charge in [0, 0.05) is 17.3 Å². The summed E-state index contributed by atoms with van der Waals surface area (Å²) < 4.78 is 0. The standard InChI is InChI=1S/C11H15N/c1-8-7-11(2,3)10-9(8)5-4-6-12-10/h4-6,8H,7H2,1-3H3/t8-/m0/s1. The van der Waals surface area contributed by atoms with Gasteiger partial charge in [0.15, 0.2) is 0 Å². The second kappa shape index (κ2) is 2.32. The number of hydrogen-bond acceptors (Lipinski definition) is 1. The van der Waals surface area contributed by atoms with Gasteiger partial charge in [0.05, 0.1) is 0 Å². The molecule has 0 unspecified atom stereocenters. The van der Waals surface area contributed by atoms with Gasteiger partial charge < -0.3 is 0 Å². The highest BCUT2D eigenvalue weighted by Gasteiger charge is 2.35. The monoisotopic (exact) mass is 161 g/mol. The predicted molar refractivity (Wildman–Crippen MR) is 50.3 cm³/mol. The minimum absolute atomic E-state index is 0.288. The van der Waals surface area contributed by atoms with Crippen LogP contribution in [0.5, 0.6) is 0 Å². The fraction of sp³-hybridized carbons (Fsp3) is 0.545. The highest BCUT2D eigenvalue weighted by molar-refractivity contribution is 5.35. The van der Waals surface area contributed by atoms with Gasteiger partial charge in [0.1, 0.15) is 0 Å². The third-order valence-corrected chi connectivity index (χ3v) is 2.83. The van der Waals surface area contributed by atoms with E-state index in [4.69, 9.17) is 0 Å². The SMILES string of the molecule is C[C@H]1CC(C)(C)c2ncccc21. The first kappa shape index (κ1) is 7.78. The molecule has 0 bridgehead atoms. The molecule has 0 saturated heterocycles. The second-order valence-electron chi connectivity index (χ2n) is 4.43. The lowest BCUT2D eigenvalue weighted by molar-refractivity contribution is 0.480. The van der Waals surface area contributed by atoms with Gasteiger partial charge in [-0.15, -0.1) is 0 Å². The van der Waals surface area contributed by atoms with Gasteiger partial charge in [-0.2, -0.15) is 0 Å². The Bertz CT molecular complexity index is 302. The molecule has 1 heterocycles. The molecule has 1 aromatic heterocycles. The molecule has 0 fully saturated rings. The summed E-state index contributed by atoms with van der Waals surface area (Å²) >= 11 is 0. The lowest BCUT2D eigenvalue weighted by atomic mass is 9.89. The summed E-state index contributed by atoms with van der Waals surface area (Å²) in [5, 5.41) is 0. The van der Waals surface area contributed by atoms with Gasteiger partial charge in [-0.05, 0) is 24.0 Å². The van der Waals surface area contributed by atoms with Crippen molar-refractivity contribution in [2.45, 2.75) is 38.5 Å². The van der Waals surface area contributed by atoms with Gasteiger partial charge in [-0.1, -0.05) is 26.8 Å². The molecule has 0 amide bonds. The van der Waals surface area contributed by atoms with Crippen molar-refractivity contribution in [1.29, 1.82) is 0 Å². The number of nitrogens with zero attached hydrogens (tertiary/aromatic N) is 1. The molecule has 64 valence electrons. The van der Waals surface area contributed by atoms with Gasteiger partial charge in [-0.25, -0.2) is 0 Å². The van der Waals surface area contributed by atoms with Crippen molar-refractivity contribution in [2.75, 3.05) is 0 Å². The molecule has 0 radical (unpaired) electrons. The van der Waals surface area contributed by atoms with Gasteiger partial charge in [0.2, 0.25) is 0 Å². The number of rotatable bonds is 0. The van der Waals surface area contributed by atoms with Crippen LogP contribution in [0.4, 0.5) is 0 Å². The van der Waals surface area contributed by atoms with E-state index < -0.39 is 0 Å². The molecule has 0 saturated carbocycles. The van der Waals surface area contributed by atoms with E-state index in [9.17, 15) is 0 Å². The van der Waals surface area contributed by atoms with Crippen LogP contribution in [0.2, 0.25) is 0 Å². The summed E-state index contributed by atoms with van der Waals surface area (Å²) in [6.45, 7) is 6.85. The average molecular weight is 161 g/mol. The van der Waals surface area contributed by atoms with Crippen molar-refractivity contribution in [3.63, 3.8) is 0 Å². The predicted octanol–water partition coefficient (Wildman–Crippen LogP) is 2.87. The normalized spacial score (nSPS) is 25.4. The first-order valence-electron chi connectivity index (χ1n) is 4.56. The van der Waals surface area contributed by atoms with Crippen LogP contribution < -0.4 is 0 Å². The molecule has 2 rings (SSSR count). The van der Waals surface area contributed by atoms with Crippen molar-refractivity contribution in [2.24, 2.45) is 0 Å². The quantitative estimate of drug-likeness (QED) is 0.570. The molecule has 1 aliphatic rings. The van der Waals surface area contributed by atoms with Crippen LogP contribution in [-0.4, -0.2) is 4.98 Å². The third kappa shape index (κ3) is 0.961. The van der Waals surface area contributed by atoms with Crippen LogP contribution in [0.15, 0.2) is 18.3 Å². The van der Waals surface area contributed by atoms with Crippen molar-refractivity contribution >= 4 is 0 Å². The smallest absolute Gasteiger partial charge is 0.0494 e. The zero-order valence-electron chi connectivity index (χ0n) is 7.96. The average Bonchev–Trinajstić information content (AvgIpc) is 2.25. The Kier molecular flexibility index (Phi) is 1.50. The molecule has 1 atom stereocenters. The maximum absolute atomic E-state index is 4.46. The molecule has 12 heavy (non-hydrogen) atoms. The molecule has 1 aliphatic carbocycles. The first-order valence-corrected chi connectivity index (χ1v) is 4.56. The van der Waals surface area contributed by atoms with Gasteiger partial charge in [-0.3, -0.25) is 4.98 Å². The fourth-order valence-electron chi connectivity index (χ4n) is 2.35. The van der Waals surface area contributed by atoms with Crippen molar-refractivity contribution in [3.8, 4) is 0 Å². The van der Waals surface area contributed by atoms with Crippen LogP contribution in [0.1, 0.15) is 44.4 Å². The van der Waals surface area contributed by atoms with Crippen molar-refractivity contribution in [1.82, 2.24) is 4.98 Å². The van der Waals surface area contributed by atoms with E-state index in [-0.39, 0.29) is 5.41 Å². The largest absolute Gasteiger partial charge is 0.260 e. The maximum Gasteiger partial charge on any atom is 0.0494 e. The van der Waals surface area contributed by atoms with E-state index >= 15 is 0 Å². The molecule has 1 aromatic rings. The zero-order chi connectivity index (χ0) is 8.77. The molecule has 1 heteroatoms. The summed E-state index contributed by atoms with van der Waals surface area (Å²) in [4.78, 5) is 4.46. The number of pyridine rings is 1. The summed E-state index contributed by atoms with van der Waals surface area (Å²) in [5.41, 5.74) is 3.04. The number of aromatic nitrogens is 1. The lowest BCUT2D eigenvalue weighted by Gasteiger charge is -2.17. The highest BCUT2D eigenvalue weighted by atomic mass is 14.7. The van der Waals surface area contributed by atoms with Crippen LogP contribution in [0.3, 0.4) is 0 Å². The Morgan fingerprint density at radius 1 is 1.50 bits per heavy atom. The van der Waals surface area contributed by atoms with E-state index in [1.54, 1.807) is 0 Å². The third-order valence-electron chi connectivity index (χ3n) is 2.83. The van der Waals surface area contributed by atoms with E-state index in [1.807, 2.05) is 12.3 Å². The van der Waals surface area contributed by atoms with Crippen molar-refractivity contribution < 1.29 is 0 Å². The summed E-state index contributed by atoms with van der Waals surface area (Å²) in [7, 11) is 0. The van der Waals surface area contributed by atoms with Crippen LogP contribution in [0, 0.1) is 0 Å². The van der Waals surface area contributed by atoms with E-state index in [1.165, 1.54) is 17.7 Å². The van der Waals surface area contributed by atoms with Crippen LogP contribution in [0.25, 0.3) is 0 Å². The number of fused-ring (bicyclic) bond motifs is 1. The molecular formula is C11H15N. The Morgan fingerprint density at radius 3 is 2.92 bits per heavy atom. The van der Waals surface area contributed by atoms with E-state index in [0.717, 1.165) is 0 Å². The van der Waals surface area contributed by atoms with Gasteiger partial charge in [0.25, 0.3) is 0 Å². The van der Waals surface area contributed by atoms with Crippen LogP contribution >= 0.6 is 0 Å². The highest BCUT2D eigenvalue weighted by Crippen LogP contribution is 2.43. The molecule has 0 aliphatic heterocycles.